The Hall–Kier alpha value is -3.16. The lowest BCUT2D eigenvalue weighted by atomic mass is 10.1. The fourth-order valence-electron chi connectivity index (χ4n) is 3.09. The summed E-state index contributed by atoms with van der Waals surface area (Å²) in [5, 5.41) is 9.01. The van der Waals surface area contributed by atoms with Gasteiger partial charge in [0.05, 0.1) is 17.0 Å². The van der Waals surface area contributed by atoms with E-state index in [1.807, 2.05) is 31.2 Å². The molecule has 0 aliphatic carbocycles. The molecule has 1 amide bonds. The van der Waals surface area contributed by atoms with Crippen LogP contribution in [0.3, 0.4) is 0 Å². The van der Waals surface area contributed by atoms with Crippen molar-refractivity contribution in [3.05, 3.63) is 88.0 Å². The minimum atomic E-state index is -0.977. The molecule has 0 atom stereocenters. The van der Waals surface area contributed by atoms with Gasteiger partial charge in [0.15, 0.2) is 0 Å². The Bertz CT molecular complexity index is 1180. The van der Waals surface area contributed by atoms with Crippen molar-refractivity contribution in [3.63, 3.8) is 0 Å². The van der Waals surface area contributed by atoms with Gasteiger partial charge >= 0.3 is 5.97 Å². The zero-order valence-electron chi connectivity index (χ0n) is 16.0. The van der Waals surface area contributed by atoms with Gasteiger partial charge < -0.3 is 9.52 Å². The number of nitrogens with zero attached hydrogens (tertiary/aromatic N) is 1. The molecule has 1 N–H and O–H groups in total. The van der Waals surface area contributed by atoms with Gasteiger partial charge in [0.1, 0.15) is 15.8 Å². The first-order valence-electron chi connectivity index (χ1n) is 9.16. The predicted molar refractivity (Wildman–Crippen MR) is 121 cm³/mol. The van der Waals surface area contributed by atoms with Gasteiger partial charge in [-0.15, -0.1) is 0 Å². The van der Waals surface area contributed by atoms with Crippen molar-refractivity contribution in [3.8, 4) is 11.3 Å². The largest absolute Gasteiger partial charge is 0.478 e. The number of hydrogen-bond donors (Lipinski definition) is 1. The summed E-state index contributed by atoms with van der Waals surface area (Å²) >= 11 is 6.67. The molecule has 2 heterocycles. The molecule has 2 aromatic carbocycles. The van der Waals surface area contributed by atoms with Crippen LogP contribution < -0.4 is 0 Å². The molecule has 0 unspecified atom stereocenters. The molecule has 1 aliphatic heterocycles. The van der Waals surface area contributed by atoms with Crippen LogP contribution in [0, 0.1) is 6.92 Å². The van der Waals surface area contributed by atoms with Gasteiger partial charge in [-0.1, -0.05) is 60.4 Å². The predicted octanol–water partition coefficient (Wildman–Crippen LogP) is 5.35. The molecule has 150 valence electrons. The third-order valence-corrected chi connectivity index (χ3v) is 6.16. The van der Waals surface area contributed by atoms with E-state index in [4.69, 9.17) is 21.7 Å². The van der Waals surface area contributed by atoms with Crippen molar-refractivity contribution in [1.82, 2.24) is 4.90 Å². The van der Waals surface area contributed by atoms with Crippen LogP contribution in [0.2, 0.25) is 0 Å². The van der Waals surface area contributed by atoms with E-state index < -0.39 is 5.97 Å². The first-order valence-corrected chi connectivity index (χ1v) is 10.4. The standard InChI is InChI=1S/C23H17NO4S2/c1-14-4-2-3-5-17(14)13-24-21(25)20(30-23(24)29)12-18-10-11-19(28-18)15-6-8-16(9-7-15)22(26)27/h2-12H,13H2,1H3,(H,26,27)/b20-12-. The minimum Gasteiger partial charge on any atom is -0.478 e. The number of thiocarbonyl (C=S) groups is 1. The number of rotatable bonds is 5. The Labute approximate surface area is 183 Å². The molecule has 0 bridgehead atoms. The van der Waals surface area contributed by atoms with Crippen molar-refractivity contribution in [2.45, 2.75) is 13.5 Å². The highest BCUT2D eigenvalue weighted by Crippen LogP contribution is 2.34. The van der Waals surface area contributed by atoms with E-state index in [2.05, 4.69) is 0 Å². The number of aryl methyl sites for hydroxylation is 1. The van der Waals surface area contributed by atoms with E-state index in [0.717, 1.165) is 16.7 Å². The van der Waals surface area contributed by atoms with Crippen LogP contribution in [0.1, 0.15) is 27.2 Å². The van der Waals surface area contributed by atoms with Crippen molar-refractivity contribution >= 4 is 46.3 Å². The molecule has 5 nitrogen and oxygen atoms in total. The Morgan fingerprint density at radius 2 is 1.87 bits per heavy atom. The average Bonchev–Trinajstić information content (AvgIpc) is 3.30. The maximum Gasteiger partial charge on any atom is 0.335 e. The van der Waals surface area contributed by atoms with Gasteiger partial charge in [0.2, 0.25) is 0 Å². The molecular weight excluding hydrogens is 418 g/mol. The monoisotopic (exact) mass is 435 g/mol. The van der Waals surface area contributed by atoms with Crippen LogP contribution in [0.4, 0.5) is 0 Å². The number of carboxylic acids is 1. The normalized spacial score (nSPS) is 15.2. The topological polar surface area (TPSA) is 70.8 Å². The number of benzene rings is 2. The van der Waals surface area contributed by atoms with Gasteiger partial charge in [-0.25, -0.2) is 4.79 Å². The Balaban J connectivity index is 1.53. The van der Waals surface area contributed by atoms with E-state index in [1.165, 1.54) is 23.9 Å². The highest BCUT2D eigenvalue weighted by molar-refractivity contribution is 8.26. The summed E-state index contributed by atoms with van der Waals surface area (Å²) in [5.41, 5.74) is 3.13. The highest BCUT2D eigenvalue weighted by Gasteiger charge is 2.32. The Kier molecular flexibility index (Phi) is 5.57. The summed E-state index contributed by atoms with van der Waals surface area (Å²) in [6.45, 7) is 2.45. The lowest BCUT2D eigenvalue weighted by molar-refractivity contribution is -0.122. The van der Waals surface area contributed by atoms with E-state index in [0.29, 0.717) is 27.3 Å². The number of carbonyl (C=O) groups excluding carboxylic acids is 1. The lowest BCUT2D eigenvalue weighted by Crippen LogP contribution is -2.27. The van der Waals surface area contributed by atoms with E-state index in [-0.39, 0.29) is 11.5 Å². The second kappa shape index (κ2) is 8.30. The Morgan fingerprint density at radius 1 is 1.13 bits per heavy atom. The number of amides is 1. The molecule has 0 radical (unpaired) electrons. The van der Waals surface area contributed by atoms with Crippen molar-refractivity contribution in [2.75, 3.05) is 0 Å². The zero-order valence-corrected chi connectivity index (χ0v) is 17.6. The quantitative estimate of drug-likeness (QED) is 0.430. The smallest absolute Gasteiger partial charge is 0.335 e. The van der Waals surface area contributed by atoms with Crippen molar-refractivity contribution in [2.24, 2.45) is 0 Å². The number of thioether (sulfide) groups is 1. The maximum absolute atomic E-state index is 12.9. The Morgan fingerprint density at radius 3 is 2.57 bits per heavy atom. The molecule has 30 heavy (non-hydrogen) atoms. The molecule has 1 aromatic heterocycles. The van der Waals surface area contributed by atoms with Crippen LogP contribution in [-0.4, -0.2) is 26.2 Å². The third-order valence-electron chi connectivity index (χ3n) is 4.78. The second-order valence-corrected chi connectivity index (χ2v) is 8.45. The number of carbonyl (C=O) groups is 2. The first-order chi connectivity index (χ1) is 14.4. The minimum absolute atomic E-state index is 0.142. The van der Waals surface area contributed by atoms with Crippen molar-refractivity contribution in [1.29, 1.82) is 0 Å². The average molecular weight is 436 g/mol. The summed E-state index contributed by atoms with van der Waals surface area (Å²) < 4.78 is 6.36. The molecule has 4 rings (SSSR count). The lowest BCUT2D eigenvalue weighted by Gasteiger charge is -2.15. The van der Waals surface area contributed by atoms with Crippen LogP contribution in [0.5, 0.6) is 0 Å². The van der Waals surface area contributed by atoms with E-state index in [1.54, 1.807) is 35.2 Å². The fourth-order valence-corrected chi connectivity index (χ4v) is 4.32. The molecule has 7 heteroatoms. The SMILES string of the molecule is Cc1ccccc1CN1C(=O)/C(=C/c2ccc(-c3ccc(C(=O)O)cc3)o2)SC1=S. The van der Waals surface area contributed by atoms with Crippen LogP contribution in [0.25, 0.3) is 17.4 Å². The molecule has 1 aliphatic rings. The summed E-state index contributed by atoms with van der Waals surface area (Å²) in [6, 6.07) is 17.9. The molecule has 0 spiro atoms. The van der Waals surface area contributed by atoms with Gasteiger partial charge in [-0.3, -0.25) is 9.69 Å². The number of carboxylic acid groups (broad SMARTS) is 1. The van der Waals surface area contributed by atoms with Crippen LogP contribution in [-0.2, 0) is 11.3 Å². The summed E-state index contributed by atoms with van der Waals surface area (Å²) in [4.78, 5) is 26.0. The molecule has 3 aromatic rings. The van der Waals surface area contributed by atoms with E-state index in [9.17, 15) is 9.59 Å². The van der Waals surface area contributed by atoms with Gasteiger partial charge in [-0.05, 0) is 42.3 Å². The molecule has 0 saturated carbocycles. The van der Waals surface area contributed by atoms with E-state index >= 15 is 0 Å². The van der Waals surface area contributed by atoms with Gasteiger partial charge in [0.25, 0.3) is 5.91 Å². The van der Waals surface area contributed by atoms with Crippen LogP contribution in [0.15, 0.2) is 70.0 Å². The number of hydrogen-bond acceptors (Lipinski definition) is 5. The molecular formula is C23H17NO4S2. The molecule has 1 saturated heterocycles. The first kappa shape index (κ1) is 20.1. The van der Waals surface area contributed by atoms with Crippen LogP contribution >= 0.6 is 24.0 Å². The second-order valence-electron chi connectivity index (χ2n) is 6.78. The maximum atomic E-state index is 12.9. The third kappa shape index (κ3) is 4.08. The van der Waals surface area contributed by atoms with Gasteiger partial charge in [0, 0.05) is 11.6 Å². The highest BCUT2D eigenvalue weighted by atomic mass is 32.2. The van der Waals surface area contributed by atoms with Gasteiger partial charge in [-0.2, -0.15) is 0 Å². The number of aromatic carboxylic acids is 1. The summed E-state index contributed by atoms with van der Waals surface area (Å²) in [7, 11) is 0. The van der Waals surface area contributed by atoms with Crippen molar-refractivity contribution < 1.29 is 19.1 Å². The summed E-state index contributed by atoms with van der Waals surface area (Å²) in [6.07, 6.45) is 1.69. The molecule has 1 fully saturated rings. The fraction of sp³-hybridized carbons (Fsp3) is 0.0870. The zero-order chi connectivity index (χ0) is 21.3. The number of furan rings is 1. The summed E-state index contributed by atoms with van der Waals surface area (Å²) in [5.74, 6) is 0.00343.